The molecule has 1 amide bonds. The molecular weight excluding hydrogens is 381 g/mol. The molecule has 144 valence electrons. The number of nitrogens with zero attached hydrogens (tertiary/aromatic N) is 5. The molecule has 0 saturated carbocycles. The predicted molar refractivity (Wildman–Crippen MR) is 106 cm³/mol. The molecule has 1 saturated heterocycles. The van der Waals surface area contributed by atoms with Gasteiger partial charge in [-0.05, 0) is 43.3 Å². The van der Waals surface area contributed by atoms with Gasteiger partial charge in [-0.3, -0.25) is 9.78 Å². The molecule has 0 aliphatic carbocycles. The van der Waals surface area contributed by atoms with Crippen LogP contribution in [-0.2, 0) is 0 Å². The molecule has 1 aliphatic heterocycles. The fourth-order valence-corrected chi connectivity index (χ4v) is 3.73. The molecule has 1 aromatic carbocycles. The van der Waals surface area contributed by atoms with Gasteiger partial charge in [0.1, 0.15) is 11.0 Å². The molecule has 1 fully saturated rings. The number of hydrogen-bond acceptors (Lipinski definition) is 4. The van der Waals surface area contributed by atoms with Gasteiger partial charge < -0.3 is 9.80 Å². The van der Waals surface area contributed by atoms with Crippen LogP contribution in [0.4, 0.5) is 10.1 Å². The number of hydrogen-bond donors (Lipinski definition) is 0. The highest BCUT2D eigenvalue weighted by molar-refractivity contribution is 6.33. The summed E-state index contributed by atoms with van der Waals surface area (Å²) in [6.07, 6.45) is 3.53. The van der Waals surface area contributed by atoms with Crippen molar-refractivity contribution in [2.24, 2.45) is 0 Å². The monoisotopic (exact) mass is 399 g/mol. The van der Waals surface area contributed by atoms with Crippen molar-refractivity contribution in [3.8, 4) is 5.69 Å². The zero-order chi connectivity index (χ0) is 19.7. The Kier molecular flexibility index (Phi) is 5.00. The van der Waals surface area contributed by atoms with Crippen molar-refractivity contribution in [1.82, 2.24) is 19.7 Å². The molecule has 0 N–H and O–H groups in total. The Labute approximate surface area is 167 Å². The smallest absolute Gasteiger partial charge is 0.259 e. The van der Waals surface area contributed by atoms with Gasteiger partial charge in [0, 0.05) is 44.3 Å². The molecule has 0 unspecified atom stereocenters. The first kappa shape index (κ1) is 18.4. The number of pyridine rings is 1. The summed E-state index contributed by atoms with van der Waals surface area (Å²) in [6.45, 7) is 4.42. The van der Waals surface area contributed by atoms with E-state index >= 15 is 0 Å². The second-order valence-corrected chi connectivity index (χ2v) is 6.98. The number of aromatic nitrogens is 3. The van der Waals surface area contributed by atoms with Gasteiger partial charge in [-0.15, -0.1) is 0 Å². The van der Waals surface area contributed by atoms with Crippen LogP contribution in [-0.4, -0.2) is 51.8 Å². The Bertz CT molecular complexity index is 982. The van der Waals surface area contributed by atoms with E-state index in [1.807, 2.05) is 12.1 Å². The molecule has 4 rings (SSSR count). The Balaban J connectivity index is 1.52. The number of anilines is 1. The van der Waals surface area contributed by atoms with Gasteiger partial charge in [0.05, 0.1) is 16.9 Å². The first-order valence-electron chi connectivity index (χ1n) is 9.00. The number of rotatable bonds is 3. The van der Waals surface area contributed by atoms with Crippen LogP contribution in [0.3, 0.4) is 0 Å². The molecular formula is C20H19ClFN5O. The maximum Gasteiger partial charge on any atom is 0.259 e. The maximum absolute atomic E-state index is 13.2. The minimum atomic E-state index is -0.341. The number of carbonyl (C=O) groups excluding carboxylic acids is 1. The number of piperazine rings is 1. The Morgan fingerprint density at radius 2 is 1.64 bits per heavy atom. The summed E-state index contributed by atoms with van der Waals surface area (Å²) in [5, 5.41) is 4.63. The second-order valence-electron chi connectivity index (χ2n) is 6.62. The highest BCUT2D eigenvalue weighted by atomic mass is 35.5. The number of halogens is 2. The molecule has 3 heterocycles. The number of benzene rings is 1. The van der Waals surface area contributed by atoms with Crippen LogP contribution in [0.1, 0.15) is 16.1 Å². The third kappa shape index (κ3) is 3.45. The second kappa shape index (κ2) is 7.59. The van der Waals surface area contributed by atoms with Crippen LogP contribution in [0.2, 0.25) is 5.15 Å². The highest BCUT2D eigenvalue weighted by Crippen LogP contribution is 2.26. The summed E-state index contributed by atoms with van der Waals surface area (Å²) in [5.74, 6) is -0.475. The molecule has 1 aliphatic rings. The SMILES string of the molecule is Cc1nn(-c2ccc(F)cc2)c(Cl)c1C(=O)N1CCN(c2ccncc2)CC1. The Hall–Kier alpha value is -2.93. The third-order valence-electron chi connectivity index (χ3n) is 4.88. The van der Waals surface area contributed by atoms with E-state index in [-0.39, 0.29) is 16.9 Å². The number of aryl methyl sites for hydroxylation is 1. The fourth-order valence-electron chi connectivity index (χ4n) is 3.38. The van der Waals surface area contributed by atoms with Crippen LogP contribution < -0.4 is 4.90 Å². The molecule has 0 radical (unpaired) electrons. The molecule has 2 aromatic heterocycles. The average molecular weight is 400 g/mol. The summed E-state index contributed by atoms with van der Waals surface area (Å²) in [6, 6.07) is 9.76. The topological polar surface area (TPSA) is 54.3 Å². The minimum absolute atomic E-state index is 0.134. The van der Waals surface area contributed by atoms with Crippen molar-refractivity contribution in [2.45, 2.75) is 6.92 Å². The van der Waals surface area contributed by atoms with Crippen molar-refractivity contribution in [1.29, 1.82) is 0 Å². The summed E-state index contributed by atoms with van der Waals surface area (Å²) < 4.78 is 14.7. The van der Waals surface area contributed by atoms with E-state index in [2.05, 4.69) is 15.0 Å². The lowest BCUT2D eigenvalue weighted by atomic mass is 10.2. The Morgan fingerprint density at radius 1 is 1.00 bits per heavy atom. The lowest BCUT2D eigenvalue weighted by Gasteiger charge is -2.36. The average Bonchev–Trinajstić information content (AvgIpc) is 3.03. The van der Waals surface area contributed by atoms with Crippen LogP contribution in [0.25, 0.3) is 5.69 Å². The van der Waals surface area contributed by atoms with Gasteiger partial charge >= 0.3 is 0 Å². The van der Waals surface area contributed by atoms with Gasteiger partial charge in [-0.2, -0.15) is 5.10 Å². The minimum Gasteiger partial charge on any atom is -0.368 e. The fraction of sp³-hybridized carbons (Fsp3) is 0.250. The predicted octanol–water partition coefficient (Wildman–Crippen LogP) is 3.33. The molecule has 6 nitrogen and oxygen atoms in total. The Morgan fingerprint density at radius 3 is 2.29 bits per heavy atom. The van der Waals surface area contributed by atoms with Gasteiger partial charge in [-0.1, -0.05) is 11.6 Å². The van der Waals surface area contributed by atoms with Crippen LogP contribution in [0.5, 0.6) is 0 Å². The summed E-state index contributed by atoms with van der Waals surface area (Å²) in [4.78, 5) is 21.1. The van der Waals surface area contributed by atoms with E-state index in [9.17, 15) is 9.18 Å². The first-order chi connectivity index (χ1) is 13.5. The van der Waals surface area contributed by atoms with Crippen molar-refractivity contribution in [3.63, 3.8) is 0 Å². The van der Waals surface area contributed by atoms with E-state index in [0.29, 0.717) is 30.0 Å². The normalized spacial score (nSPS) is 14.4. The van der Waals surface area contributed by atoms with Gasteiger partial charge in [0.2, 0.25) is 0 Å². The van der Waals surface area contributed by atoms with Gasteiger partial charge in [-0.25, -0.2) is 9.07 Å². The van der Waals surface area contributed by atoms with Crippen LogP contribution in [0.15, 0.2) is 48.8 Å². The largest absolute Gasteiger partial charge is 0.368 e. The summed E-state index contributed by atoms with van der Waals surface area (Å²) in [7, 11) is 0. The van der Waals surface area contributed by atoms with Crippen molar-refractivity contribution < 1.29 is 9.18 Å². The van der Waals surface area contributed by atoms with E-state index in [1.165, 1.54) is 16.8 Å². The summed E-state index contributed by atoms with van der Waals surface area (Å²) >= 11 is 6.48. The molecule has 0 bridgehead atoms. The maximum atomic E-state index is 13.2. The number of amides is 1. The van der Waals surface area contributed by atoms with E-state index in [4.69, 9.17) is 11.6 Å². The first-order valence-corrected chi connectivity index (χ1v) is 9.37. The standard InChI is InChI=1S/C20H19ClFN5O/c1-14-18(19(21)27(24-14)17-4-2-15(22)3-5-17)20(28)26-12-10-25(11-13-26)16-6-8-23-9-7-16/h2-9H,10-13H2,1H3. The van der Waals surface area contributed by atoms with Crippen molar-refractivity contribution in [3.05, 3.63) is 71.0 Å². The lowest BCUT2D eigenvalue weighted by Crippen LogP contribution is -2.49. The molecule has 0 spiro atoms. The molecule has 0 atom stereocenters. The van der Waals surface area contributed by atoms with Crippen LogP contribution in [0, 0.1) is 12.7 Å². The highest BCUT2D eigenvalue weighted by Gasteiger charge is 2.28. The number of carbonyl (C=O) groups is 1. The molecule has 28 heavy (non-hydrogen) atoms. The quantitative estimate of drug-likeness (QED) is 0.678. The zero-order valence-corrected chi connectivity index (χ0v) is 16.1. The van der Waals surface area contributed by atoms with E-state index < -0.39 is 0 Å². The third-order valence-corrected chi connectivity index (χ3v) is 5.23. The van der Waals surface area contributed by atoms with Crippen LogP contribution >= 0.6 is 11.6 Å². The van der Waals surface area contributed by atoms with Crippen molar-refractivity contribution >= 4 is 23.2 Å². The summed E-state index contributed by atoms with van der Waals surface area (Å²) in [5.41, 5.74) is 2.65. The molecule has 8 heteroatoms. The van der Waals surface area contributed by atoms with E-state index in [0.717, 1.165) is 18.8 Å². The lowest BCUT2D eigenvalue weighted by molar-refractivity contribution is 0.0746. The van der Waals surface area contributed by atoms with E-state index in [1.54, 1.807) is 36.4 Å². The van der Waals surface area contributed by atoms with Crippen molar-refractivity contribution in [2.75, 3.05) is 31.1 Å². The molecule has 3 aromatic rings. The van der Waals surface area contributed by atoms with Gasteiger partial charge in [0.15, 0.2) is 0 Å². The zero-order valence-electron chi connectivity index (χ0n) is 15.3. The van der Waals surface area contributed by atoms with Gasteiger partial charge in [0.25, 0.3) is 5.91 Å².